The molecule has 1 amide bonds. The summed E-state index contributed by atoms with van der Waals surface area (Å²) < 4.78 is 0. The van der Waals surface area contributed by atoms with Gasteiger partial charge in [-0.15, -0.1) is 0 Å². The molecule has 0 atom stereocenters. The van der Waals surface area contributed by atoms with E-state index in [-0.39, 0.29) is 5.91 Å². The van der Waals surface area contributed by atoms with Crippen LogP contribution >= 0.6 is 0 Å². The fourth-order valence-electron chi connectivity index (χ4n) is 0.462. The van der Waals surface area contributed by atoms with Gasteiger partial charge in [0.1, 0.15) is 0 Å². The standard InChI is InChI=1S/C7H11NO2/c1-5(2)7(4-9)8-6(3)10/h4H,1-3H3,(H,8,10). The van der Waals surface area contributed by atoms with Crippen LogP contribution in [0.25, 0.3) is 0 Å². The first-order valence-corrected chi connectivity index (χ1v) is 2.98. The van der Waals surface area contributed by atoms with Gasteiger partial charge in [0.2, 0.25) is 5.91 Å². The van der Waals surface area contributed by atoms with Crippen LogP contribution in [0.15, 0.2) is 11.3 Å². The average molecular weight is 141 g/mol. The Labute approximate surface area is 60.1 Å². The van der Waals surface area contributed by atoms with E-state index in [2.05, 4.69) is 5.32 Å². The zero-order valence-electron chi connectivity index (χ0n) is 6.39. The Balaban J connectivity index is 4.25. The van der Waals surface area contributed by atoms with Gasteiger partial charge in [-0.3, -0.25) is 9.59 Å². The van der Waals surface area contributed by atoms with Crippen LogP contribution in [0.3, 0.4) is 0 Å². The number of aldehydes is 1. The Morgan fingerprint density at radius 2 is 1.80 bits per heavy atom. The fourth-order valence-corrected chi connectivity index (χ4v) is 0.462. The molecule has 56 valence electrons. The monoisotopic (exact) mass is 141 g/mol. The third kappa shape index (κ3) is 3.02. The molecule has 0 fully saturated rings. The number of nitrogens with one attached hydrogen (secondary N) is 1. The van der Waals surface area contributed by atoms with E-state index >= 15 is 0 Å². The summed E-state index contributed by atoms with van der Waals surface area (Å²) in [5, 5.41) is 2.40. The first-order chi connectivity index (χ1) is 4.57. The zero-order valence-corrected chi connectivity index (χ0v) is 6.39. The molecule has 0 rings (SSSR count). The minimum Gasteiger partial charge on any atom is -0.324 e. The number of allylic oxidation sites excluding steroid dienone is 2. The largest absolute Gasteiger partial charge is 0.324 e. The van der Waals surface area contributed by atoms with E-state index in [9.17, 15) is 9.59 Å². The summed E-state index contributed by atoms with van der Waals surface area (Å²) in [6.07, 6.45) is 0.636. The molecule has 0 aromatic carbocycles. The van der Waals surface area contributed by atoms with Crippen LogP contribution in [0.4, 0.5) is 0 Å². The molecule has 1 N–H and O–H groups in total. The van der Waals surface area contributed by atoms with E-state index in [1.54, 1.807) is 13.8 Å². The lowest BCUT2D eigenvalue weighted by Gasteiger charge is -2.00. The molecule has 0 aromatic rings. The maximum atomic E-state index is 10.4. The third-order valence-electron chi connectivity index (χ3n) is 0.967. The summed E-state index contributed by atoms with van der Waals surface area (Å²) in [7, 11) is 0. The van der Waals surface area contributed by atoms with Crippen LogP contribution in [0, 0.1) is 0 Å². The van der Waals surface area contributed by atoms with Crippen molar-refractivity contribution in [2.45, 2.75) is 20.8 Å². The second-order valence-electron chi connectivity index (χ2n) is 2.21. The van der Waals surface area contributed by atoms with Crippen molar-refractivity contribution in [2.24, 2.45) is 0 Å². The van der Waals surface area contributed by atoms with Crippen molar-refractivity contribution in [3.63, 3.8) is 0 Å². The Bertz CT molecular complexity index is 178. The zero-order chi connectivity index (χ0) is 8.15. The molecule has 0 aliphatic heterocycles. The minimum atomic E-state index is -0.219. The lowest BCUT2D eigenvalue weighted by atomic mass is 10.3. The van der Waals surface area contributed by atoms with E-state index < -0.39 is 0 Å². The molecule has 0 spiro atoms. The summed E-state index contributed by atoms with van der Waals surface area (Å²) >= 11 is 0. The van der Waals surface area contributed by atoms with Crippen molar-refractivity contribution in [1.29, 1.82) is 0 Å². The highest BCUT2D eigenvalue weighted by atomic mass is 16.2. The van der Waals surface area contributed by atoms with Gasteiger partial charge in [0.15, 0.2) is 6.29 Å². The maximum absolute atomic E-state index is 10.4. The summed E-state index contributed by atoms with van der Waals surface area (Å²) in [6.45, 7) is 4.89. The molecule has 0 saturated heterocycles. The smallest absolute Gasteiger partial charge is 0.221 e. The molecule has 0 unspecified atom stereocenters. The van der Waals surface area contributed by atoms with Crippen molar-refractivity contribution >= 4 is 12.2 Å². The summed E-state index contributed by atoms with van der Waals surface area (Å²) in [4.78, 5) is 20.6. The third-order valence-corrected chi connectivity index (χ3v) is 0.967. The van der Waals surface area contributed by atoms with Gasteiger partial charge in [-0.25, -0.2) is 0 Å². The lowest BCUT2D eigenvalue weighted by molar-refractivity contribution is -0.119. The number of hydrogen-bond acceptors (Lipinski definition) is 2. The number of amides is 1. The van der Waals surface area contributed by atoms with Crippen LogP contribution < -0.4 is 5.32 Å². The fraction of sp³-hybridized carbons (Fsp3) is 0.429. The number of hydrogen-bond donors (Lipinski definition) is 1. The quantitative estimate of drug-likeness (QED) is 0.452. The van der Waals surface area contributed by atoms with Crippen LogP contribution in [-0.2, 0) is 9.59 Å². The highest BCUT2D eigenvalue weighted by Gasteiger charge is 1.97. The van der Waals surface area contributed by atoms with Crippen LogP contribution in [0.5, 0.6) is 0 Å². The first kappa shape index (κ1) is 8.88. The van der Waals surface area contributed by atoms with E-state index in [0.29, 0.717) is 12.0 Å². The number of carbonyl (C=O) groups excluding carboxylic acids is 2. The average Bonchev–Trinajstić information content (AvgIpc) is 1.81. The Kier molecular flexibility index (Phi) is 3.39. The molecular formula is C7H11NO2. The number of carbonyl (C=O) groups is 2. The van der Waals surface area contributed by atoms with Gasteiger partial charge in [0.05, 0.1) is 5.70 Å². The topological polar surface area (TPSA) is 46.2 Å². The van der Waals surface area contributed by atoms with Gasteiger partial charge < -0.3 is 5.32 Å². The predicted molar refractivity (Wildman–Crippen MR) is 38.3 cm³/mol. The second kappa shape index (κ2) is 3.82. The summed E-state index contributed by atoms with van der Waals surface area (Å²) in [5.74, 6) is -0.219. The Morgan fingerprint density at radius 1 is 1.30 bits per heavy atom. The molecule has 0 aromatic heterocycles. The maximum Gasteiger partial charge on any atom is 0.221 e. The number of rotatable bonds is 2. The van der Waals surface area contributed by atoms with E-state index in [0.717, 1.165) is 5.57 Å². The molecule has 3 heteroatoms. The highest BCUT2D eigenvalue weighted by Crippen LogP contribution is 1.94. The SMILES string of the molecule is CC(=O)NC(C=O)=C(C)C. The molecule has 0 aliphatic carbocycles. The van der Waals surface area contributed by atoms with E-state index in [4.69, 9.17) is 0 Å². The highest BCUT2D eigenvalue weighted by molar-refractivity contribution is 5.84. The van der Waals surface area contributed by atoms with Gasteiger partial charge in [-0.1, -0.05) is 0 Å². The molecule has 0 saturated carbocycles. The van der Waals surface area contributed by atoms with E-state index in [1.165, 1.54) is 6.92 Å². The van der Waals surface area contributed by atoms with Gasteiger partial charge in [-0.2, -0.15) is 0 Å². The van der Waals surface area contributed by atoms with Crippen molar-refractivity contribution in [3.05, 3.63) is 11.3 Å². The van der Waals surface area contributed by atoms with Crippen molar-refractivity contribution < 1.29 is 9.59 Å². The van der Waals surface area contributed by atoms with E-state index in [1.807, 2.05) is 0 Å². The van der Waals surface area contributed by atoms with Crippen molar-refractivity contribution in [3.8, 4) is 0 Å². The predicted octanol–water partition coefficient (Wildman–Crippen LogP) is 0.615. The van der Waals surface area contributed by atoms with Gasteiger partial charge in [0.25, 0.3) is 0 Å². The Hall–Kier alpha value is -1.12. The van der Waals surface area contributed by atoms with Gasteiger partial charge >= 0.3 is 0 Å². The minimum absolute atomic E-state index is 0.219. The molecule has 0 bridgehead atoms. The molecule has 10 heavy (non-hydrogen) atoms. The second-order valence-corrected chi connectivity index (χ2v) is 2.21. The molecule has 0 aliphatic rings. The molecule has 3 nitrogen and oxygen atoms in total. The summed E-state index contributed by atoms with van der Waals surface area (Å²) in [5.41, 5.74) is 1.16. The first-order valence-electron chi connectivity index (χ1n) is 2.98. The molecule has 0 heterocycles. The Morgan fingerprint density at radius 3 is 1.90 bits per heavy atom. The molecular weight excluding hydrogens is 130 g/mol. The lowest BCUT2D eigenvalue weighted by Crippen LogP contribution is -2.20. The van der Waals surface area contributed by atoms with Crippen LogP contribution in [-0.4, -0.2) is 12.2 Å². The molecule has 0 radical (unpaired) electrons. The van der Waals surface area contributed by atoms with Crippen molar-refractivity contribution in [1.82, 2.24) is 5.32 Å². The van der Waals surface area contributed by atoms with Crippen LogP contribution in [0.1, 0.15) is 20.8 Å². The van der Waals surface area contributed by atoms with Crippen molar-refractivity contribution in [2.75, 3.05) is 0 Å². The van der Waals surface area contributed by atoms with Gasteiger partial charge in [-0.05, 0) is 19.4 Å². The summed E-state index contributed by atoms with van der Waals surface area (Å²) in [6, 6.07) is 0. The van der Waals surface area contributed by atoms with Gasteiger partial charge in [0, 0.05) is 6.92 Å². The van der Waals surface area contributed by atoms with Crippen LogP contribution in [0.2, 0.25) is 0 Å². The normalized spacial score (nSPS) is 8.30.